The fourth-order valence-electron chi connectivity index (χ4n) is 1.23. The highest BCUT2D eigenvalue weighted by Gasteiger charge is 2.22. The summed E-state index contributed by atoms with van der Waals surface area (Å²) in [5.41, 5.74) is 0.586. The number of nitrogens with one attached hydrogen (secondary N) is 1. The van der Waals surface area contributed by atoms with Crippen LogP contribution in [0.15, 0.2) is 39.8 Å². The first-order valence-electron chi connectivity index (χ1n) is 4.14. The summed E-state index contributed by atoms with van der Waals surface area (Å²) in [6.45, 7) is 0. The van der Waals surface area contributed by atoms with Crippen LogP contribution in [0.2, 0.25) is 0 Å². The lowest BCUT2D eigenvalue weighted by Crippen LogP contribution is -2.04. The van der Waals surface area contributed by atoms with Gasteiger partial charge in [0.1, 0.15) is 11.1 Å². The molecule has 0 radical (unpaired) electrons. The number of para-hydroxylation sites is 1. The van der Waals surface area contributed by atoms with E-state index in [0.717, 1.165) is 10.6 Å². The van der Waals surface area contributed by atoms with Crippen LogP contribution in [0.25, 0.3) is 0 Å². The predicted octanol–water partition coefficient (Wildman–Crippen LogP) is 2.02. The molecule has 5 heteroatoms. The molecule has 0 saturated carbocycles. The van der Waals surface area contributed by atoms with E-state index < -0.39 is 5.97 Å². The van der Waals surface area contributed by atoms with Crippen molar-refractivity contribution < 1.29 is 9.90 Å². The lowest BCUT2D eigenvalue weighted by atomic mass is 10.3. The van der Waals surface area contributed by atoms with E-state index in [2.05, 4.69) is 5.32 Å². The van der Waals surface area contributed by atoms with E-state index in [-0.39, 0.29) is 5.57 Å². The number of aliphatic carboxylic acids is 1. The molecule has 0 amide bonds. The number of nitrogens with zero attached hydrogens (tertiary/aromatic N) is 1. The maximum Gasteiger partial charge on any atom is 0.349 e. The number of anilines is 1. The van der Waals surface area contributed by atoms with E-state index >= 15 is 0 Å². The number of carboxylic acids is 1. The molecule has 15 heavy (non-hydrogen) atoms. The Hall–Kier alpha value is -1.93. The molecule has 1 aromatic rings. The number of carbonyl (C=O) groups is 1. The Kier molecular flexibility index (Phi) is 2.35. The number of rotatable bonds is 1. The third kappa shape index (κ3) is 1.67. The van der Waals surface area contributed by atoms with Crippen molar-refractivity contribution in [2.24, 2.45) is 0 Å². The van der Waals surface area contributed by atoms with Gasteiger partial charge in [-0.2, -0.15) is 5.26 Å². The Morgan fingerprint density at radius 1 is 1.47 bits per heavy atom. The van der Waals surface area contributed by atoms with Gasteiger partial charge in [-0.1, -0.05) is 23.9 Å². The summed E-state index contributed by atoms with van der Waals surface area (Å²) in [7, 11) is 0. The van der Waals surface area contributed by atoms with Crippen LogP contribution < -0.4 is 5.32 Å². The molecule has 74 valence electrons. The third-order valence-electron chi connectivity index (χ3n) is 1.90. The van der Waals surface area contributed by atoms with Gasteiger partial charge in [-0.3, -0.25) is 0 Å². The molecule has 1 aromatic carbocycles. The van der Waals surface area contributed by atoms with Gasteiger partial charge < -0.3 is 10.4 Å². The van der Waals surface area contributed by atoms with E-state index in [4.69, 9.17) is 10.4 Å². The second kappa shape index (κ2) is 3.67. The van der Waals surface area contributed by atoms with Crippen LogP contribution in [0.4, 0.5) is 5.69 Å². The molecule has 0 fully saturated rings. The van der Waals surface area contributed by atoms with Crippen LogP contribution in [0, 0.1) is 11.3 Å². The first-order chi connectivity index (χ1) is 7.22. The summed E-state index contributed by atoms with van der Waals surface area (Å²) in [5, 5.41) is 20.8. The number of nitriles is 1. The first kappa shape index (κ1) is 9.62. The van der Waals surface area contributed by atoms with Crippen molar-refractivity contribution in [3.05, 3.63) is 34.9 Å². The summed E-state index contributed by atoms with van der Waals surface area (Å²) in [4.78, 5) is 11.7. The molecule has 0 bridgehead atoms. The molecule has 2 N–H and O–H groups in total. The smallest absolute Gasteiger partial charge is 0.349 e. The minimum Gasteiger partial charge on any atom is -0.477 e. The largest absolute Gasteiger partial charge is 0.477 e. The average molecular weight is 218 g/mol. The van der Waals surface area contributed by atoms with E-state index in [9.17, 15) is 4.79 Å². The molecule has 0 saturated heterocycles. The van der Waals surface area contributed by atoms with Gasteiger partial charge in [0.2, 0.25) is 0 Å². The molecule has 1 aliphatic rings. The number of thioether (sulfide) groups is 1. The fourth-order valence-corrected chi connectivity index (χ4v) is 2.22. The van der Waals surface area contributed by atoms with Gasteiger partial charge in [-0.25, -0.2) is 4.79 Å². The standard InChI is InChI=1S/C10H6N2O2S/c11-5-6(10(13)14)9-12-7-3-1-2-4-8(7)15-9/h1-4,12H,(H,13,14). The van der Waals surface area contributed by atoms with Crippen LogP contribution in [0.1, 0.15) is 0 Å². The van der Waals surface area contributed by atoms with Gasteiger partial charge in [0, 0.05) is 4.90 Å². The summed E-state index contributed by atoms with van der Waals surface area (Å²) in [5.74, 6) is -1.21. The summed E-state index contributed by atoms with van der Waals surface area (Å²) in [6.07, 6.45) is 0. The molecule has 0 unspecified atom stereocenters. The predicted molar refractivity (Wildman–Crippen MR) is 56.2 cm³/mol. The normalized spacial score (nSPS) is 16.2. The molecule has 0 aromatic heterocycles. The van der Waals surface area contributed by atoms with Crippen LogP contribution in [-0.2, 0) is 4.79 Å². The Morgan fingerprint density at radius 3 is 2.80 bits per heavy atom. The number of benzene rings is 1. The van der Waals surface area contributed by atoms with E-state index in [1.165, 1.54) is 11.8 Å². The van der Waals surface area contributed by atoms with Crippen molar-refractivity contribution in [3.8, 4) is 6.07 Å². The SMILES string of the molecule is N#CC(C(=O)O)=C1Nc2ccccc2S1. The topological polar surface area (TPSA) is 73.1 Å². The van der Waals surface area contributed by atoms with Gasteiger partial charge in [-0.05, 0) is 12.1 Å². The van der Waals surface area contributed by atoms with Gasteiger partial charge in [0.15, 0.2) is 5.57 Å². The molecule has 1 heterocycles. The Bertz CT molecular complexity index is 475. The van der Waals surface area contributed by atoms with E-state index in [0.29, 0.717) is 5.03 Å². The Balaban J connectivity index is 2.42. The molecule has 4 nitrogen and oxygen atoms in total. The van der Waals surface area contributed by atoms with E-state index in [1.54, 1.807) is 6.07 Å². The maximum absolute atomic E-state index is 10.7. The van der Waals surface area contributed by atoms with Crippen molar-refractivity contribution in [2.45, 2.75) is 4.90 Å². The minimum absolute atomic E-state index is 0.254. The summed E-state index contributed by atoms with van der Waals surface area (Å²) < 4.78 is 0. The van der Waals surface area contributed by atoms with Crippen LogP contribution in [0.3, 0.4) is 0 Å². The van der Waals surface area contributed by atoms with Crippen LogP contribution >= 0.6 is 11.8 Å². The minimum atomic E-state index is -1.21. The second-order valence-corrected chi connectivity index (χ2v) is 3.90. The van der Waals surface area contributed by atoms with Crippen LogP contribution in [-0.4, -0.2) is 11.1 Å². The lowest BCUT2D eigenvalue weighted by molar-refractivity contribution is -0.132. The molecule has 0 aliphatic carbocycles. The van der Waals surface area contributed by atoms with Crippen molar-refractivity contribution in [1.82, 2.24) is 0 Å². The molecular weight excluding hydrogens is 212 g/mol. The lowest BCUT2D eigenvalue weighted by Gasteiger charge is -1.98. The van der Waals surface area contributed by atoms with Gasteiger partial charge in [-0.15, -0.1) is 0 Å². The highest BCUT2D eigenvalue weighted by molar-refractivity contribution is 8.03. The number of fused-ring (bicyclic) bond motifs is 1. The summed E-state index contributed by atoms with van der Waals surface area (Å²) in [6, 6.07) is 9.10. The number of hydrogen-bond acceptors (Lipinski definition) is 4. The van der Waals surface area contributed by atoms with Crippen molar-refractivity contribution in [2.75, 3.05) is 5.32 Å². The Labute approximate surface area is 90.2 Å². The number of carboxylic acid groups (broad SMARTS) is 1. The zero-order valence-corrected chi connectivity index (χ0v) is 8.34. The van der Waals surface area contributed by atoms with Crippen molar-refractivity contribution in [3.63, 3.8) is 0 Å². The zero-order chi connectivity index (χ0) is 10.8. The van der Waals surface area contributed by atoms with Gasteiger partial charge in [0.25, 0.3) is 0 Å². The second-order valence-electron chi connectivity index (χ2n) is 2.84. The first-order valence-corrected chi connectivity index (χ1v) is 4.95. The third-order valence-corrected chi connectivity index (χ3v) is 2.99. The highest BCUT2D eigenvalue weighted by atomic mass is 32.2. The van der Waals surface area contributed by atoms with Gasteiger partial charge >= 0.3 is 5.97 Å². The zero-order valence-electron chi connectivity index (χ0n) is 7.52. The molecule has 0 spiro atoms. The maximum atomic E-state index is 10.7. The Morgan fingerprint density at radius 2 is 2.20 bits per heavy atom. The quantitative estimate of drug-likeness (QED) is 0.557. The monoisotopic (exact) mass is 218 g/mol. The van der Waals surface area contributed by atoms with Crippen molar-refractivity contribution in [1.29, 1.82) is 5.26 Å². The fraction of sp³-hybridized carbons (Fsp3) is 0. The number of hydrogen-bond donors (Lipinski definition) is 2. The highest BCUT2D eigenvalue weighted by Crippen LogP contribution is 2.41. The van der Waals surface area contributed by atoms with E-state index in [1.807, 2.05) is 24.3 Å². The molecular formula is C10H6N2O2S. The average Bonchev–Trinajstić information content (AvgIpc) is 2.61. The van der Waals surface area contributed by atoms with Crippen LogP contribution in [0.5, 0.6) is 0 Å². The van der Waals surface area contributed by atoms with Crippen molar-refractivity contribution >= 4 is 23.4 Å². The molecule has 0 atom stereocenters. The molecule has 1 aliphatic heterocycles. The summed E-state index contributed by atoms with van der Waals surface area (Å²) >= 11 is 1.26. The van der Waals surface area contributed by atoms with Gasteiger partial charge in [0.05, 0.1) is 5.69 Å². The molecule has 2 rings (SSSR count).